The van der Waals surface area contributed by atoms with E-state index in [2.05, 4.69) is 25.2 Å². The minimum absolute atomic E-state index is 0.000648. The molecular formula is C15H18N2O. The molecule has 0 unspecified atom stereocenters. The first-order chi connectivity index (χ1) is 8.66. The third-order valence-electron chi connectivity index (χ3n) is 2.85. The molecule has 2 rings (SSSR count). The van der Waals surface area contributed by atoms with E-state index >= 15 is 0 Å². The molecule has 0 aliphatic carbocycles. The first-order valence-corrected chi connectivity index (χ1v) is 6.16. The van der Waals surface area contributed by atoms with Crippen LogP contribution in [-0.2, 0) is 11.3 Å². The van der Waals surface area contributed by atoms with E-state index < -0.39 is 0 Å². The predicted octanol–water partition coefficient (Wildman–Crippen LogP) is 3.25. The second kappa shape index (κ2) is 5.54. The molecule has 0 saturated carbocycles. The van der Waals surface area contributed by atoms with Gasteiger partial charge >= 0.3 is 0 Å². The first kappa shape index (κ1) is 12.4. The second-order valence-electron chi connectivity index (χ2n) is 4.65. The quantitative estimate of drug-likeness (QED) is 0.877. The summed E-state index contributed by atoms with van der Waals surface area (Å²) in [5, 5.41) is 2.97. The summed E-state index contributed by atoms with van der Waals surface area (Å²) < 4.78 is 1.85. The molecule has 1 aromatic heterocycles. The SMILES string of the molecule is CC(C)c1ccccc1NC(=O)Cn1cccc1. The van der Waals surface area contributed by atoms with Crippen molar-refractivity contribution in [3.63, 3.8) is 0 Å². The van der Waals surface area contributed by atoms with Gasteiger partial charge in [0, 0.05) is 18.1 Å². The van der Waals surface area contributed by atoms with E-state index in [1.54, 1.807) is 0 Å². The smallest absolute Gasteiger partial charge is 0.244 e. The number of nitrogens with zero attached hydrogens (tertiary/aromatic N) is 1. The Bertz CT molecular complexity index is 515. The topological polar surface area (TPSA) is 34.0 Å². The summed E-state index contributed by atoms with van der Waals surface area (Å²) in [6, 6.07) is 11.8. The van der Waals surface area contributed by atoms with Crippen molar-refractivity contribution in [1.29, 1.82) is 0 Å². The lowest BCUT2D eigenvalue weighted by atomic mass is 10.0. The van der Waals surface area contributed by atoms with Gasteiger partial charge in [-0.25, -0.2) is 0 Å². The maximum absolute atomic E-state index is 11.9. The second-order valence-corrected chi connectivity index (χ2v) is 4.65. The largest absolute Gasteiger partial charge is 0.345 e. The average molecular weight is 242 g/mol. The summed E-state index contributed by atoms with van der Waals surface area (Å²) in [6.45, 7) is 4.59. The molecule has 3 heteroatoms. The van der Waals surface area contributed by atoms with E-state index in [4.69, 9.17) is 0 Å². The maximum atomic E-state index is 11.9. The highest BCUT2D eigenvalue weighted by atomic mass is 16.1. The third-order valence-corrected chi connectivity index (χ3v) is 2.85. The summed E-state index contributed by atoms with van der Waals surface area (Å²) in [7, 11) is 0. The fraction of sp³-hybridized carbons (Fsp3) is 0.267. The van der Waals surface area contributed by atoms with Gasteiger partial charge in [0.25, 0.3) is 0 Å². The van der Waals surface area contributed by atoms with E-state index in [-0.39, 0.29) is 5.91 Å². The number of rotatable bonds is 4. The van der Waals surface area contributed by atoms with Crippen LogP contribution in [0, 0.1) is 0 Å². The van der Waals surface area contributed by atoms with Crippen molar-refractivity contribution in [1.82, 2.24) is 4.57 Å². The number of hydrogen-bond donors (Lipinski definition) is 1. The Hall–Kier alpha value is -2.03. The summed E-state index contributed by atoms with van der Waals surface area (Å²) >= 11 is 0. The molecule has 2 aromatic rings. The van der Waals surface area contributed by atoms with Gasteiger partial charge in [-0.05, 0) is 29.7 Å². The predicted molar refractivity (Wildman–Crippen MR) is 73.6 cm³/mol. The van der Waals surface area contributed by atoms with Gasteiger partial charge in [-0.3, -0.25) is 4.79 Å². The Morgan fingerprint density at radius 1 is 1.17 bits per heavy atom. The van der Waals surface area contributed by atoms with E-state index in [1.165, 1.54) is 5.56 Å². The fourth-order valence-corrected chi connectivity index (χ4v) is 1.95. The van der Waals surface area contributed by atoms with E-state index in [0.29, 0.717) is 12.5 Å². The third kappa shape index (κ3) is 3.00. The van der Waals surface area contributed by atoms with Crippen LogP contribution < -0.4 is 5.32 Å². The highest BCUT2D eigenvalue weighted by molar-refractivity contribution is 5.91. The van der Waals surface area contributed by atoms with Crippen molar-refractivity contribution >= 4 is 11.6 Å². The van der Waals surface area contributed by atoms with Crippen LogP contribution in [0.5, 0.6) is 0 Å². The standard InChI is InChI=1S/C15H18N2O/c1-12(2)13-7-3-4-8-14(13)16-15(18)11-17-9-5-6-10-17/h3-10,12H,11H2,1-2H3,(H,16,18). The molecule has 1 amide bonds. The van der Waals surface area contributed by atoms with Crippen molar-refractivity contribution in [3.05, 3.63) is 54.4 Å². The monoisotopic (exact) mass is 242 g/mol. The maximum Gasteiger partial charge on any atom is 0.244 e. The van der Waals surface area contributed by atoms with E-state index in [1.807, 2.05) is 47.3 Å². The van der Waals surface area contributed by atoms with Gasteiger partial charge in [0.15, 0.2) is 0 Å². The Kier molecular flexibility index (Phi) is 3.82. The molecule has 3 nitrogen and oxygen atoms in total. The zero-order valence-corrected chi connectivity index (χ0v) is 10.8. The molecule has 0 aliphatic heterocycles. The Balaban J connectivity index is 2.07. The van der Waals surface area contributed by atoms with E-state index in [9.17, 15) is 4.79 Å². The van der Waals surface area contributed by atoms with Crippen molar-refractivity contribution in [2.45, 2.75) is 26.3 Å². The van der Waals surface area contributed by atoms with Gasteiger partial charge in [-0.1, -0.05) is 32.0 Å². The molecule has 0 bridgehead atoms. The van der Waals surface area contributed by atoms with Crippen LogP contribution in [0.25, 0.3) is 0 Å². The molecule has 0 fully saturated rings. The number of anilines is 1. The zero-order chi connectivity index (χ0) is 13.0. The van der Waals surface area contributed by atoms with Crippen LogP contribution in [0.15, 0.2) is 48.8 Å². The minimum atomic E-state index is -0.000648. The molecule has 0 radical (unpaired) electrons. The number of carbonyl (C=O) groups is 1. The van der Waals surface area contributed by atoms with Gasteiger partial charge in [0.2, 0.25) is 5.91 Å². The fourth-order valence-electron chi connectivity index (χ4n) is 1.95. The van der Waals surface area contributed by atoms with Crippen molar-refractivity contribution in [2.24, 2.45) is 0 Å². The minimum Gasteiger partial charge on any atom is -0.345 e. The lowest BCUT2D eigenvalue weighted by Crippen LogP contribution is -2.18. The highest BCUT2D eigenvalue weighted by Crippen LogP contribution is 2.23. The summed E-state index contributed by atoms with van der Waals surface area (Å²) in [5.74, 6) is 0.396. The average Bonchev–Trinajstić information content (AvgIpc) is 2.82. The van der Waals surface area contributed by atoms with Crippen LogP contribution in [-0.4, -0.2) is 10.5 Å². The Labute approximate surface area is 107 Å². The first-order valence-electron chi connectivity index (χ1n) is 6.16. The van der Waals surface area contributed by atoms with Crippen LogP contribution in [0.1, 0.15) is 25.3 Å². The molecule has 0 aliphatic rings. The van der Waals surface area contributed by atoms with Crippen LogP contribution in [0.3, 0.4) is 0 Å². The molecule has 1 N–H and O–H groups in total. The number of carbonyl (C=O) groups excluding carboxylic acids is 1. The molecule has 94 valence electrons. The number of amides is 1. The number of aromatic nitrogens is 1. The molecular weight excluding hydrogens is 224 g/mol. The van der Waals surface area contributed by atoms with Crippen LogP contribution in [0.4, 0.5) is 5.69 Å². The molecule has 1 aromatic carbocycles. The number of hydrogen-bond acceptors (Lipinski definition) is 1. The van der Waals surface area contributed by atoms with Crippen molar-refractivity contribution in [2.75, 3.05) is 5.32 Å². The number of benzene rings is 1. The Morgan fingerprint density at radius 2 is 1.83 bits per heavy atom. The van der Waals surface area contributed by atoms with E-state index in [0.717, 1.165) is 5.69 Å². The van der Waals surface area contributed by atoms with Gasteiger partial charge in [0.05, 0.1) is 0 Å². The van der Waals surface area contributed by atoms with Gasteiger partial charge in [-0.2, -0.15) is 0 Å². The van der Waals surface area contributed by atoms with Gasteiger partial charge in [-0.15, -0.1) is 0 Å². The van der Waals surface area contributed by atoms with Gasteiger partial charge in [0.1, 0.15) is 6.54 Å². The normalized spacial score (nSPS) is 10.6. The van der Waals surface area contributed by atoms with Crippen LogP contribution >= 0.6 is 0 Å². The summed E-state index contributed by atoms with van der Waals surface area (Å²) in [6.07, 6.45) is 3.77. The summed E-state index contributed by atoms with van der Waals surface area (Å²) in [4.78, 5) is 11.9. The van der Waals surface area contributed by atoms with Crippen molar-refractivity contribution < 1.29 is 4.79 Å². The van der Waals surface area contributed by atoms with Gasteiger partial charge < -0.3 is 9.88 Å². The van der Waals surface area contributed by atoms with Crippen LogP contribution in [0.2, 0.25) is 0 Å². The number of nitrogens with one attached hydrogen (secondary N) is 1. The zero-order valence-electron chi connectivity index (χ0n) is 10.8. The summed E-state index contributed by atoms with van der Waals surface area (Å²) in [5.41, 5.74) is 2.07. The number of para-hydroxylation sites is 1. The lowest BCUT2D eigenvalue weighted by Gasteiger charge is -2.13. The highest BCUT2D eigenvalue weighted by Gasteiger charge is 2.08. The molecule has 0 atom stereocenters. The molecule has 0 saturated heterocycles. The Morgan fingerprint density at radius 3 is 2.50 bits per heavy atom. The molecule has 0 spiro atoms. The molecule has 1 heterocycles. The lowest BCUT2D eigenvalue weighted by molar-refractivity contribution is -0.116. The van der Waals surface area contributed by atoms with Crippen molar-refractivity contribution in [3.8, 4) is 0 Å². The molecule has 18 heavy (non-hydrogen) atoms.